The minimum Gasteiger partial charge on any atom is -0.311 e. The molecule has 0 spiro atoms. The zero-order chi connectivity index (χ0) is 19.6. The summed E-state index contributed by atoms with van der Waals surface area (Å²) in [4.78, 5) is 29.5. The second-order valence-corrected chi connectivity index (χ2v) is 9.44. The standard InChI is InChI=1S/C23H22N2O2S/c1-13(26)20-15(12-14-21(20)23(14,2)3)24-22(27)25-16-8-4-6-10-18(16)28-19-11-7-5-9-17(19)25/h4-11,14,21H,12H2,1-3H3,(H,24,27)/t14-,21-/m1/s1. The lowest BCUT2D eigenvalue weighted by Crippen LogP contribution is -2.38. The lowest BCUT2D eigenvalue weighted by atomic mass is 9.96. The minimum absolute atomic E-state index is 0.0726. The van der Waals surface area contributed by atoms with Crippen molar-refractivity contribution in [3.05, 3.63) is 59.8 Å². The maximum Gasteiger partial charge on any atom is 0.330 e. The van der Waals surface area contributed by atoms with Gasteiger partial charge in [0.25, 0.3) is 0 Å². The number of ketones is 1. The quantitative estimate of drug-likeness (QED) is 0.735. The molecular weight excluding hydrogens is 368 g/mol. The normalized spacial score (nSPS) is 23.6. The fourth-order valence-electron chi connectivity index (χ4n) is 4.87. The fourth-order valence-corrected chi connectivity index (χ4v) is 5.93. The van der Waals surface area contributed by atoms with Crippen LogP contribution in [0.5, 0.6) is 0 Å². The smallest absolute Gasteiger partial charge is 0.311 e. The number of fused-ring (bicyclic) bond motifs is 3. The zero-order valence-corrected chi connectivity index (χ0v) is 17.0. The summed E-state index contributed by atoms with van der Waals surface area (Å²) in [5, 5.41) is 3.10. The van der Waals surface area contributed by atoms with E-state index in [0.29, 0.717) is 5.92 Å². The molecule has 1 aliphatic heterocycles. The molecule has 0 aromatic heterocycles. The fraction of sp³-hybridized carbons (Fsp3) is 0.304. The van der Waals surface area contributed by atoms with Gasteiger partial charge in [0.15, 0.2) is 5.78 Å². The number of urea groups is 1. The predicted molar refractivity (Wildman–Crippen MR) is 111 cm³/mol. The minimum atomic E-state index is -0.201. The molecule has 2 aromatic rings. The first-order valence-electron chi connectivity index (χ1n) is 9.60. The van der Waals surface area contributed by atoms with Crippen LogP contribution in [0.25, 0.3) is 0 Å². The zero-order valence-electron chi connectivity index (χ0n) is 16.2. The Morgan fingerprint density at radius 1 is 1.04 bits per heavy atom. The third-order valence-corrected chi connectivity index (χ3v) is 7.51. The van der Waals surface area contributed by atoms with Crippen LogP contribution in [0.3, 0.4) is 0 Å². The molecule has 4 nitrogen and oxygen atoms in total. The van der Waals surface area contributed by atoms with Crippen molar-refractivity contribution in [3.8, 4) is 0 Å². The number of nitrogens with zero attached hydrogens (tertiary/aromatic N) is 1. The summed E-state index contributed by atoms with van der Waals surface area (Å²) in [6.07, 6.45) is 0.768. The van der Waals surface area contributed by atoms with E-state index in [-0.39, 0.29) is 23.1 Å². The molecule has 2 aliphatic carbocycles. The van der Waals surface area contributed by atoms with Gasteiger partial charge in [-0.2, -0.15) is 0 Å². The molecule has 0 bridgehead atoms. The van der Waals surface area contributed by atoms with Crippen LogP contribution >= 0.6 is 11.8 Å². The van der Waals surface area contributed by atoms with Crippen LogP contribution in [0.4, 0.5) is 16.2 Å². The molecular formula is C23H22N2O2S. The first-order chi connectivity index (χ1) is 13.4. The second kappa shape index (κ2) is 5.98. The van der Waals surface area contributed by atoms with Crippen LogP contribution in [0, 0.1) is 17.3 Å². The second-order valence-electron chi connectivity index (χ2n) is 8.36. The van der Waals surface area contributed by atoms with Gasteiger partial charge < -0.3 is 5.32 Å². The van der Waals surface area contributed by atoms with Gasteiger partial charge in [-0.1, -0.05) is 49.9 Å². The molecule has 1 fully saturated rings. The maximum absolute atomic E-state index is 13.4. The van der Waals surface area contributed by atoms with Crippen LogP contribution in [0.15, 0.2) is 69.6 Å². The number of nitrogens with one attached hydrogen (secondary N) is 1. The third-order valence-electron chi connectivity index (χ3n) is 6.38. The van der Waals surface area contributed by atoms with E-state index in [4.69, 9.17) is 0 Å². The van der Waals surface area contributed by atoms with Gasteiger partial charge in [-0.3, -0.25) is 9.69 Å². The number of para-hydroxylation sites is 2. The Balaban J connectivity index is 1.52. The molecule has 0 radical (unpaired) electrons. The number of Topliss-reactive ketones (excluding diaryl/α,β-unsaturated/α-hetero) is 1. The Labute approximate surface area is 169 Å². The Kier molecular flexibility index (Phi) is 3.75. The SMILES string of the molecule is CC(=O)C1=C(NC(=O)N2c3ccccc3Sc3ccccc32)C[C@@H]2[C@H]1C2(C)C. The van der Waals surface area contributed by atoms with Gasteiger partial charge in [0.1, 0.15) is 0 Å². The highest BCUT2D eigenvalue weighted by atomic mass is 32.2. The van der Waals surface area contributed by atoms with E-state index in [0.717, 1.165) is 38.9 Å². The van der Waals surface area contributed by atoms with Gasteiger partial charge in [-0.05, 0) is 54.9 Å². The van der Waals surface area contributed by atoms with Crippen LogP contribution < -0.4 is 10.2 Å². The molecule has 1 saturated carbocycles. The summed E-state index contributed by atoms with van der Waals surface area (Å²) in [6, 6.07) is 15.7. The maximum atomic E-state index is 13.4. The van der Waals surface area contributed by atoms with E-state index in [2.05, 4.69) is 19.2 Å². The van der Waals surface area contributed by atoms with Gasteiger partial charge >= 0.3 is 6.03 Å². The highest BCUT2D eigenvalue weighted by Crippen LogP contribution is 2.68. The average molecular weight is 391 g/mol. The summed E-state index contributed by atoms with van der Waals surface area (Å²) < 4.78 is 0. The van der Waals surface area contributed by atoms with E-state index in [9.17, 15) is 9.59 Å². The van der Waals surface area contributed by atoms with Crippen LogP contribution in [-0.4, -0.2) is 11.8 Å². The van der Waals surface area contributed by atoms with Crippen molar-refractivity contribution in [3.63, 3.8) is 0 Å². The van der Waals surface area contributed by atoms with Crippen molar-refractivity contribution in [2.24, 2.45) is 17.3 Å². The van der Waals surface area contributed by atoms with Crippen molar-refractivity contribution in [1.82, 2.24) is 5.32 Å². The molecule has 5 rings (SSSR count). The number of allylic oxidation sites excluding steroid dienone is 2. The molecule has 0 unspecified atom stereocenters. The highest BCUT2D eigenvalue weighted by Gasteiger charge is 2.64. The van der Waals surface area contributed by atoms with E-state index < -0.39 is 0 Å². The first kappa shape index (κ1) is 17.6. The molecule has 5 heteroatoms. The summed E-state index contributed by atoms with van der Waals surface area (Å²) in [5.74, 6) is 0.804. The molecule has 3 aliphatic rings. The van der Waals surface area contributed by atoms with Gasteiger partial charge in [0.2, 0.25) is 0 Å². The number of hydrogen-bond donors (Lipinski definition) is 1. The van der Waals surface area contributed by atoms with Crippen molar-refractivity contribution >= 4 is 35.0 Å². The van der Waals surface area contributed by atoms with Crippen molar-refractivity contribution in [1.29, 1.82) is 0 Å². The van der Waals surface area contributed by atoms with Gasteiger partial charge in [0, 0.05) is 21.1 Å². The largest absolute Gasteiger partial charge is 0.330 e. The molecule has 1 N–H and O–H groups in total. The summed E-state index contributed by atoms with van der Waals surface area (Å²) in [7, 11) is 0. The number of carbonyl (C=O) groups excluding carboxylic acids is 2. The first-order valence-corrected chi connectivity index (χ1v) is 10.4. The number of hydrogen-bond acceptors (Lipinski definition) is 3. The average Bonchev–Trinajstić information content (AvgIpc) is 3.01. The van der Waals surface area contributed by atoms with Crippen LogP contribution in [-0.2, 0) is 4.79 Å². The molecule has 2 aromatic carbocycles. The summed E-state index contributed by atoms with van der Waals surface area (Å²) >= 11 is 1.67. The lowest BCUT2D eigenvalue weighted by Gasteiger charge is -2.31. The number of anilines is 2. The molecule has 2 amide bonds. The van der Waals surface area contributed by atoms with Gasteiger partial charge in [-0.15, -0.1) is 0 Å². The van der Waals surface area contributed by atoms with E-state index in [1.807, 2.05) is 48.5 Å². The van der Waals surface area contributed by atoms with E-state index in [1.165, 1.54) is 0 Å². The molecule has 142 valence electrons. The molecule has 2 atom stereocenters. The van der Waals surface area contributed by atoms with Crippen LogP contribution in [0.2, 0.25) is 0 Å². The molecule has 0 saturated heterocycles. The Morgan fingerprint density at radius 3 is 2.18 bits per heavy atom. The third kappa shape index (κ3) is 2.46. The molecule has 1 heterocycles. The molecule has 28 heavy (non-hydrogen) atoms. The van der Waals surface area contributed by atoms with Gasteiger partial charge in [0.05, 0.1) is 11.4 Å². The van der Waals surface area contributed by atoms with Crippen molar-refractivity contribution < 1.29 is 9.59 Å². The van der Waals surface area contributed by atoms with Crippen molar-refractivity contribution in [2.45, 2.75) is 37.0 Å². The lowest BCUT2D eigenvalue weighted by molar-refractivity contribution is -0.114. The number of carbonyl (C=O) groups is 2. The monoisotopic (exact) mass is 390 g/mol. The van der Waals surface area contributed by atoms with Gasteiger partial charge in [-0.25, -0.2) is 4.79 Å². The van der Waals surface area contributed by atoms with Crippen molar-refractivity contribution in [2.75, 3.05) is 4.90 Å². The van der Waals surface area contributed by atoms with E-state index in [1.54, 1.807) is 23.6 Å². The Bertz CT molecular complexity index is 1010. The number of amides is 2. The Morgan fingerprint density at radius 2 is 1.61 bits per heavy atom. The van der Waals surface area contributed by atoms with E-state index >= 15 is 0 Å². The summed E-state index contributed by atoms with van der Waals surface area (Å²) in [5.41, 5.74) is 3.53. The predicted octanol–water partition coefficient (Wildman–Crippen LogP) is 5.52. The highest BCUT2D eigenvalue weighted by molar-refractivity contribution is 7.99. The topological polar surface area (TPSA) is 49.4 Å². The Hall–Kier alpha value is -2.53. The van der Waals surface area contributed by atoms with Crippen LogP contribution in [0.1, 0.15) is 27.2 Å². The number of benzene rings is 2. The summed E-state index contributed by atoms with van der Waals surface area (Å²) in [6.45, 7) is 6.02. The number of rotatable bonds is 2.